The summed E-state index contributed by atoms with van der Waals surface area (Å²) in [6.45, 7) is 1.47. The van der Waals surface area contributed by atoms with Crippen molar-refractivity contribution in [1.82, 2.24) is 4.72 Å². The van der Waals surface area contributed by atoms with Crippen LogP contribution in [0.25, 0.3) is 0 Å². The minimum atomic E-state index is -4.26. The summed E-state index contributed by atoms with van der Waals surface area (Å²) in [6, 6.07) is 3.89. The average molecular weight is 312 g/mol. The van der Waals surface area contributed by atoms with Gasteiger partial charge in [-0.2, -0.15) is 9.98 Å². The number of aryl methyl sites for hydroxylation is 1. The number of aliphatic carboxylic acids is 2. The molecule has 0 aliphatic heterocycles. The molecule has 0 spiro atoms. The van der Waals surface area contributed by atoms with Gasteiger partial charge in [0.25, 0.3) is 0 Å². The molecule has 0 amide bonds. The highest BCUT2D eigenvalue weighted by molar-refractivity contribution is 7.89. The van der Waals surface area contributed by atoms with Gasteiger partial charge in [0.05, 0.1) is 22.9 Å². The molecule has 21 heavy (non-hydrogen) atoms. The van der Waals surface area contributed by atoms with E-state index in [1.54, 1.807) is 6.07 Å². The average Bonchev–Trinajstić information content (AvgIpc) is 2.37. The van der Waals surface area contributed by atoms with Gasteiger partial charge in [-0.25, -0.2) is 8.42 Å². The molecule has 0 radical (unpaired) electrons. The number of nitrogens with zero attached hydrogens (tertiary/aromatic N) is 1. The van der Waals surface area contributed by atoms with Gasteiger partial charge < -0.3 is 10.2 Å². The quantitative estimate of drug-likeness (QED) is 0.674. The van der Waals surface area contributed by atoms with Gasteiger partial charge >= 0.3 is 11.9 Å². The monoisotopic (exact) mass is 312 g/mol. The van der Waals surface area contributed by atoms with Crippen LogP contribution < -0.4 is 4.72 Å². The van der Waals surface area contributed by atoms with Crippen LogP contribution in [0.4, 0.5) is 0 Å². The first-order valence-corrected chi connectivity index (χ1v) is 7.13. The molecule has 9 heteroatoms. The molecule has 112 valence electrons. The molecule has 0 heterocycles. The van der Waals surface area contributed by atoms with Crippen molar-refractivity contribution < 1.29 is 28.2 Å². The zero-order valence-electron chi connectivity index (χ0n) is 10.9. The molecule has 0 saturated heterocycles. The van der Waals surface area contributed by atoms with Crippen molar-refractivity contribution in [3.63, 3.8) is 0 Å². The van der Waals surface area contributed by atoms with Crippen molar-refractivity contribution in [2.75, 3.05) is 0 Å². The molecule has 3 N–H and O–H groups in total. The Bertz CT molecular complexity index is 720. The zero-order valence-corrected chi connectivity index (χ0v) is 11.7. The summed E-state index contributed by atoms with van der Waals surface area (Å²) in [7, 11) is -4.26. The second-order valence-corrected chi connectivity index (χ2v) is 5.88. The van der Waals surface area contributed by atoms with E-state index in [-0.39, 0.29) is 10.5 Å². The maximum atomic E-state index is 12.1. The summed E-state index contributed by atoms with van der Waals surface area (Å²) < 4.78 is 26.1. The molecule has 0 aliphatic carbocycles. The van der Waals surface area contributed by atoms with Crippen LogP contribution in [0.3, 0.4) is 0 Å². The predicted molar refractivity (Wildman–Crippen MR) is 69.9 cm³/mol. The molecule has 0 aromatic heterocycles. The molecule has 1 aromatic carbocycles. The minimum absolute atomic E-state index is 0.0890. The van der Waals surface area contributed by atoms with E-state index in [0.29, 0.717) is 5.56 Å². The Morgan fingerprint density at radius 2 is 2.00 bits per heavy atom. The molecule has 1 rings (SSSR count). The summed E-state index contributed by atoms with van der Waals surface area (Å²) in [5.74, 6) is -3.05. The van der Waals surface area contributed by atoms with E-state index in [0.717, 1.165) is 6.07 Å². The van der Waals surface area contributed by atoms with E-state index in [9.17, 15) is 18.0 Å². The summed E-state index contributed by atoms with van der Waals surface area (Å²) in [5.41, 5.74) is 0.395. The van der Waals surface area contributed by atoms with E-state index < -0.39 is 34.4 Å². The number of carbonyl (C=O) groups is 2. The molecular formula is C12H12N2O6S. The number of carboxylic acids is 2. The van der Waals surface area contributed by atoms with E-state index in [4.69, 9.17) is 15.5 Å². The van der Waals surface area contributed by atoms with E-state index >= 15 is 0 Å². The van der Waals surface area contributed by atoms with Gasteiger partial charge in [0, 0.05) is 0 Å². The Kier molecular flexibility index (Phi) is 5.02. The summed E-state index contributed by atoms with van der Waals surface area (Å²) in [5, 5.41) is 26.2. The third-order valence-corrected chi connectivity index (χ3v) is 4.19. The van der Waals surface area contributed by atoms with Crippen molar-refractivity contribution in [3.8, 4) is 6.07 Å². The predicted octanol–water partition coefficient (Wildman–Crippen LogP) is 0.0729. The van der Waals surface area contributed by atoms with Crippen LogP contribution in [0.1, 0.15) is 17.5 Å². The highest BCUT2D eigenvalue weighted by atomic mass is 32.2. The lowest BCUT2D eigenvalue weighted by Gasteiger charge is -2.14. The first-order valence-electron chi connectivity index (χ1n) is 5.65. The zero-order chi connectivity index (χ0) is 16.2. The third kappa shape index (κ3) is 4.27. The normalized spacial score (nSPS) is 12.4. The van der Waals surface area contributed by atoms with Crippen LogP contribution >= 0.6 is 0 Å². The van der Waals surface area contributed by atoms with Gasteiger partial charge in [-0.3, -0.25) is 9.59 Å². The van der Waals surface area contributed by atoms with Gasteiger partial charge in [-0.15, -0.1) is 0 Å². The van der Waals surface area contributed by atoms with E-state index in [1.165, 1.54) is 19.1 Å². The Balaban J connectivity index is 3.19. The van der Waals surface area contributed by atoms with E-state index in [2.05, 4.69) is 0 Å². The maximum absolute atomic E-state index is 12.1. The Hall–Kier alpha value is -2.44. The number of sulfonamides is 1. The van der Waals surface area contributed by atoms with Gasteiger partial charge in [-0.1, -0.05) is 6.07 Å². The maximum Gasteiger partial charge on any atom is 0.322 e. The molecule has 8 nitrogen and oxygen atoms in total. The largest absolute Gasteiger partial charge is 0.481 e. The third-order valence-electron chi connectivity index (χ3n) is 2.58. The summed E-state index contributed by atoms with van der Waals surface area (Å²) in [6.07, 6.45) is -0.897. The van der Waals surface area contributed by atoms with Crippen molar-refractivity contribution in [3.05, 3.63) is 29.3 Å². The first-order chi connectivity index (χ1) is 9.67. The van der Waals surface area contributed by atoms with Crippen LogP contribution in [-0.2, 0) is 19.6 Å². The lowest BCUT2D eigenvalue weighted by molar-refractivity contribution is -0.145. The second-order valence-electron chi connectivity index (χ2n) is 4.20. The topological polar surface area (TPSA) is 145 Å². The molecule has 1 aromatic rings. The molecule has 1 atom stereocenters. The Morgan fingerprint density at radius 1 is 1.38 bits per heavy atom. The SMILES string of the molecule is Cc1ccc(C#N)cc1S(=O)(=O)N[C@H](CC(=O)O)C(=O)O. The van der Waals surface area contributed by atoms with Crippen LogP contribution in [0.15, 0.2) is 23.1 Å². The number of benzene rings is 1. The number of nitriles is 1. The minimum Gasteiger partial charge on any atom is -0.481 e. The molecule has 0 aliphatic rings. The van der Waals surface area contributed by atoms with Gasteiger partial charge in [0.1, 0.15) is 6.04 Å². The smallest absolute Gasteiger partial charge is 0.322 e. The van der Waals surface area contributed by atoms with Crippen LogP contribution in [0.5, 0.6) is 0 Å². The Morgan fingerprint density at radius 3 is 2.48 bits per heavy atom. The van der Waals surface area contributed by atoms with E-state index in [1.807, 2.05) is 4.72 Å². The number of rotatable bonds is 6. The van der Waals surface area contributed by atoms with Crippen molar-refractivity contribution in [2.45, 2.75) is 24.3 Å². The Labute approximate surface area is 120 Å². The van der Waals surface area contributed by atoms with Crippen molar-refractivity contribution >= 4 is 22.0 Å². The number of carboxylic acid groups (broad SMARTS) is 2. The summed E-state index contributed by atoms with van der Waals surface area (Å²) in [4.78, 5) is 21.2. The first kappa shape index (κ1) is 16.6. The van der Waals surface area contributed by atoms with Crippen LogP contribution in [0, 0.1) is 18.3 Å². The van der Waals surface area contributed by atoms with Gasteiger partial charge in [-0.05, 0) is 24.6 Å². The van der Waals surface area contributed by atoms with Gasteiger partial charge in [0.2, 0.25) is 10.0 Å². The van der Waals surface area contributed by atoms with Crippen molar-refractivity contribution in [2.24, 2.45) is 0 Å². The van der Waals surface area contributed by atoms with Crippen LogP contribution in [0.2, 0.25) is 0 Å². The molecule has 0 bridgehead atoms. The number of nitrogens with one attached hydrogen (secondary N) is 1. The van der Waals surface area contributed by atoms with Gasteiger partial charge in [0.15, 0.2) is 0 Å². The molecule has 0 saturated carbocycles. The van der Waals surface area contributed by atoms with Crippen molar-refractivity contribution in [1.29, 1.82) is 5.26 Å². The summed E-state index contributed by atoms with van der Waals surface area (Å²) >= 11 is 0. The fourth-order valence-electron chi connectivity index (χ4n) is 1.56. The lowest BCUT2D eigenvalue weighted by atomic mass is 10.2. The second kappa shape index (κ2) is 6.34. The lowest BCUT2D eigenvalue weighted by Crippen LogP contribution is -2.42. The molecular weight excluding hydrogens is 300 g/mol. The number of hydrogen-bond acceptors (Lipinski definition) is 5. The highest BCUT2D eigenvalue weighted by Crippen LogP contribution is 2.17. The molecule has 0 unspecified atom stereocenters. The standard InChI is InChI=1S/C12H12N2O6S/c1-7-2-3-8(6-13)4-10(7)21(19,20)14-9(12(17)18)5-11(15)16/h2-4,9,14H,5H2,1H3,(H,15,16)(H,17,18)/t9-/m1/s1. The highest BCUT2D eigenvalue weighted by Gasteiger charge is 2.28. The molecule has 0 fully saturated rings. The fourth-order valence-corrected chi connectivity index (χ4v) is 3.02. The fraction of sp³-hybridized carbons (Fsp3) is 0.250. The van der Waals surface area contributed by atoms with Crippen LogP contribution in [-0.4, -0.2) is 36.6 Å². The number of hydrogen-bond donors (Lipinski definition) is 3.